The van der Waals surface area contributed by atoms with Crippen LogP contribution in [0.4, 0.5) is 11.5 Å². The first-order valence-corrected chi connectivity index (χ1v) is 13.0. The number of benzene rings is 2. The number of hydrogen-bond acceptors (Lipinski definition) is 4. The normalized spacial score (nSPS) is 14.2. The highest BCUT2D eigenvalue weighted by Gasteiger charge is 2.36. The third-order valence-electron chi connectivity index (χ3n) is 7.17. The second kappa shape index (κ2) is 9.33. The third-order valence-corrected chi connectivity index (χ3v) is 7.42. The van der Waals surface area contributed by atoms with Crippen LogP contribution in [0.5, 0.6) is 0 Å². The number of hydrogen-bond donors (Lipinski definition) is 1. The van der Waals surface area contributed by atoms with Gasteiger partial charge < -0.3 is 19.3 Å². The van der Waals surface area contributed by atoms with E-state index in [1.165, 1.54) is 6.07 Å². The Bertz CT molecular complexity index is 1630. The van der Waals surface area contributed by atoms with Gasteiger partial charge in [0.1, 0.15) is 5.82 Å². The molecule has 0 saturated carbocycles. The van der Waals surface area contributed by atoms with E-state index < -0.39 is 17.7 Å². The molecule has 0 bridgehead atoms. The van der Waals surface area contributed by atoms with Gasteiger partial charge in [0.2, 0.25) is 0 Å². The number of aliphatic carboxylic acids is 1. The highest BCUT2D eigenvalue weighted by atomic mass is 35.5. The Hall–Kier alpha value is -3.55. The molecule has 8 heteroatoms. The lowest BCUT2D eigenvalue weighted by Crippen LogP contribution is -2.34. The Balaban J connectivity index is 1.94. The van der Waals surface area contributed by atoms with Gasteiger partial charge in [-0.2, -0.15) is 0 Å². The van der Waals surface area contributed by atoms with Crippen molar-refractivity contribution in [1.82, 2.24) is 9.13 Å². The minimum absolute atomic E-state index is 0.106. The Morgan fingerprint density at radius 2 is 1.76 bits per heavy atom. The predicted octanol–water partition coefficient (Wildman–Crippen LogP) is 6.37. The molecule has 2 aromatic heterocycles. The van der Waals surface area contributed by atoms with Crippen LogP contribution in [0.25, 0.3) is 22.0 Å². The molecule has 1 aliphatic heterocycles. The molecule has 7 nitrogen and oxygen atoms in total. The quantitative estimate of drug-likeness (QED) is 0.322. The molecule has 2 aromatic carbocycles. The number of halogens is 1. The van der Waals surface area contributed by atoms with Gasteiger partial charge in [-0.25, -0.2) is 4.79 Å². The van der Waals surface area contributed by atoms with Gasteiger partial charge in [0.05, 0.1) is 16.8 Å². The summed E-state index contributed by atoms with van der Waals surface area (Å²) in [6, 6.07) is 14.8. The largest absolute Gasteiger partial charge is 0.479 e. The van der Waals surface area contributed by atoms with Crippen molar-refractivity contribution in [3.8, 4) is 11.1 Å². The van der Waals surface area contributed by atoms with E-state index in [2.05, 4.69) is 22.5 Å². The van der Waals surface area contributed by atoms with Gasteiger partial charge in [0.15, 0.2) is 6.10 Å². The molecule has 5 rings (SSSR count). The van der Waals surface area contributed by atoms with Crippen LogP contribution in [-0.4, -0.2) is 32.4 Å². The van der Waals surface area contributed by atoms with Gasteiger partial charge in [-0.05, 0) is 75.6 Å². The van der Waals surface area contributed by atoms with E-state index in [9.17, 15) is 14.7 Å². The zero-order valence-corrected chi connectivity index (χ0v) is 23.3. The summed E-state index contributed by atoms with van der Waals surface area (Å²) in [4.78, 5) is 27.5. The summed E-state index contributed by atoms with van der Waals surface area (Å²) < 4.78 is 10.1. The monoisotopic (exact) mass is 533 g/mol. The number of carbonyl (C=O) groups is 1. The second-order valence-electron chi connectivity index (χ2n) is 10.9. The maximum absolute atomic E-state index is 12.8. The summed E-state index contributed by atoms with van der Waals surface area (Å²) in [5.41, 5.74) is 5.25. The summed E-state index contributed by atoms with van der Waals surface area (Å²) in [5.74, 6) is -0.309. The minimum atomic E-state index is -1.21. The molecule has 0 aliphatic carbocycles. The Labute approximate surface area is 226 Å². The van der Waals surface area contributed by atoms with Crippen molar-refractivity contribution in [1.29, 1.82) is 0 Å². The summed E-state index contributed by atoms with van der Waals surface area (Å²) in [5, 5.41) is 12.0. The molecule has 0 radical (unpaired) electrons. The number of rotatable bonds is 5. The number of anilines is 2. The van der Waals surface area contributed by atoms with E-state index in [1.807, 2.05) is 58.0 Å². The lowest BCUT2D eigenvalue weighted by molar-refractivity contribution is -0.160. The van der Waals surface area contributed by atoms with Crippen molar-refractivity contribution in [3.63, 3.8) is 0 Å². The van der Waals surface area contributed by atoms with Crippen LogP contribution in [-0.2, 0) is 23.1 Å². The fourth-order valence-corrected chi connectivity index (χ4v) is 5.71. The van der Waals surface area contributed by atoms with E-state index in [0.717, 1.165) is 51.3 Å². The van der Waals surface area contributed by atoms with Crippen molar-refractivity contribution in [2.45, 2.75) is 52.9 Å². The number of carboxylic acids is 1. The van der Waals surface area contributed by atoms with Gasteiger partial charge in [-0.3, -0.25) is 9.36 Å². The summed E-state index contributed by atoms with van der Waals surface area (Å²) in [6.07, 6.45) is -1.21. The number of nitrogens with zero attached hydrogens (tertiary/aromatic N) is 3. The minimum Gasteiger partial charge on any atom is -0.479 e. The van der Waals surface area contributed by atoms with Crippen molar-refractivity contribution in [3.05, 3.63) is 80.7 Å². The Morgan fingerprint density at radius 1 is 1.08 bits per heavy atom. The SMILES string of the molecule is Cc1c(C(OC(C)(C)C)C(=O)O)c(-c2ccc(Cl)cc2)c2cc(C)n3c2c1N(c1cccc(=O)n1C)CC3. The van der Waals surface area contributed by atoms with E-state index in [-0.39, 0.29) is 5.56 Å². The van der Waals surface area contributed by atoms with Crippen molar-refractivity contribution in [2.75, 3.05) is 11.4 Å². The molecule has 0 amide bonds. The molecule has 4 aromatic rings. The van der Waals surface area contributed by atoms with Gasteiger partial charge in [-0.15, -0.1) is 0 Å². The smallest absolute Gasteiger partial charge is 0.337 e. The van der Waals surface area contributed by atoms with Crippen LogP contribution < -0.4 is 10.5 Å². The van der Waals surface area contributed by atoms with Crippen LogP contribution in [0, 0.1) is 13.8 Å². The first-order chi connectivity index (χ1) is 17.9. The molecule has 0 spiro atoms. The average molecular weight is 534 g/mol. The summed E-state index contributed by atoms with van der Waals surface area (Å²) >= 11 is 6.23. The second-order valence-corrected chi connectivity index (χ2v) is 11.3. The third kappa shape index (κ3) is 4.29. The molecule has 0 fully saturated rings. The van der Waals surface area contributed by atoms with Crippen molar-refractivity contribution < 1.29 is 14.6 Å². The first-order valence-electron chi connectivity index (χ1n) is 12.7. The number of aryl methyl sites for hydroxylation is 1. The summed E-state index contributed by atoms with van der Waals surface area (Å²) in [7, 11) is 1.76. The predicted molar refractivity (Wildman–Crippen MR) is 152 cm³/mol. The Morgan fingerprint density at radius 3 is 2.39 bits per heavy atom. The van der Waals surface area contributed by atoms with E-state index in [4.69, 9.17) is 16.3 Å². The van der Waals surface area contributed by atoms with Crippen LogP contribution in [0.1, 0.15) is 43.7 Å². The molecule has 1 aliphatic rings. The zero-order chi connectivity index (χ0) is 27.5. The highest BCUT2D eigenvalue weighted by molar-refractivity contribution is 6.30. The highest BCUT2D eigenvalue weighted by Crippen LogP contribution is 2.49. The van der Waals surface area contributed by atoms with Crippen LogP contribution in [0.2, 0.25) is 5.02 Å². The lowest BCUT2D eigenvalue weighted by atomic mass is 9.87. The number of ether oxygens (including phenoxy) is 1. The van der Waals surface area contributed by atoms with Gasteiger partial charge in [0.25, 0.3) is 5.56 Å². The van der Waals surface area contributed by atoms with E-state index >= 15 is 0 Å². The molecule has 198 valence electrons. The standard InChI is InChI=1S/C30H32ClN3O4/c1-17-16-21-25(19-10-12-20(31)13-11-19)24(28(29(36)37)38-30(3,4)5)18(2)26-27(21)33(17)14-15-34(26)22-8-7-9-23(35)32(22)6/h7-13,16,28H,14-15H2,1-6H3,(H,36,37). The number of pyridine rings is 1. The Kier molecular flexibility index (Phi) is 6.40. The van der Waals surface area contributed by atoms with E-state index in [0.29, 0.717) is 17.1 Å². The zero-order valence-electron chi connectivity index (χ0n) is 22.5. The van der Waals surface area contributed by atoms with E-state index in [1.54, 1.807) is 17.7 Å². The topological polar surface area (TPSA) is 76.7 Å². The van der Waals surface area contributed by atoms with Crippen LogP contribution in [0.15, 0.2) is 53.3 Å². The summed E-state index contributed by atoms with van der Waals surface area (Å²) in [6.45, 7) is 11.0. The fraction of sp³-hybridized carbons (Fsp3) is 0.333. The molecule has 38 heavy (non-hydrogen) atoms. The van der Waals surface area contributed by atoms with Crippen LogP contribution in [0.3, 0.4) is 0 Å². The molecule has 3 heterocycles. The molecule has 0 saturated heterocycles. The van der Waals surface area contributed by atoms with Crippen LogP contribution >= 0.6 is 11.6 Å². The number of aromatic nitrogens is 2. The maximum Gasteiger partial charge on any atom is 0.337 e. The van der Waals surface area contributed by atoms with Gasteiger partial charge in [-0.1, -0.05) is 29.8 Å². The first kappa shape index (κ1) is 26.1. The van der Waals surface area contributed by atoms with Gasteiger partial charge >= 0.3 is 5.97 Å². The molecular weight excluding hydrogens is 502 g/mol. The maximum atomic E-state index is 12.8. The molecular formula is C30H32ClN3O4. The van der Waals surface area contributed by atoms with Crippen molar-refractivity contribution >= 4 is 40.0 Å². The van der Waals surface area contributed by atoms with Gasteiger partial charge in [0, 0.05) is 47.9 Å². The average Bonchev–Trinajstić information content (AvgIpc) is 3.18. The molecule has 1 atom stereocenters. The van der Waals surface area contributed by atoms with Crippen molar-refractivity contribution in [2.24, 2.45) is 7.05 Å². The number of carboxylic acid groups (broad SMARTS) is 1. The lowest BCUT2D eigenvalue weighted by Gasteiger charge is -2.36. The molecule has 1 unspecified atom stereocenters. The fourth-order valence-electron chi connectivity index (χ4n) is 5.59. The molecule has 1 N–H and O–H groups in total.